The summed E-state index contributed by atoms with van der Waals surface area (Å²) in [6.07, 6.45) is 11.0. The lowest BCUT2D eigenvalue weighted by atomic mass is 9.76. The number of likely N-dealkylation sites (N-methyl/N-ethyl adjacent to an activating group) is 1. The predicted octanol–water partition coefficient (Wildman–Crippen LogP) is 8.28. The molecule has 0 saturated heterocycles. The Morgan fingerprint density at radius 1 is 0.968 bits per heavy atom. The van der Waals surface area contributed by atoms with Crippen LogP contribution in [0.25, 0.3) is 5.57 Å². The second-order valence-corrected chi connectivity index (χ2v) is 8.79. The number of allylic oxidation sites excluding steroid dienone is 5. The van der Waals surface area contributed by atoms with Crippen LogP contribution in [0.4, 0.5) is 0 Å². The van der Waals surface area contributed by atoms with E-state index in [1.165, 1.54) is 27.8 Å². The van der Waals surface area contributed by atoms with Crippen molar-refractivity contribution in [2.75, 3.05) is 7.05 Å². The van der Waals surface area contributed by atoms with Crippen LogP contribution in [0.3, 0.4) is 0 Å². The van der Waals surface area contributed by atoms with Crippen LogP contribution in [-0.2, 0) is 0 Å². The molecule has 0 aliphatic heterocycles. The molecule has 2 rings (SSSR count). The fourth-order valence-electron chi connectivity index (χ4n) is 4.82. The molecule has 0 radical (unpaired) electrons. The molecule has 1 heteroatoms. The Bertz CT molecular complexity index is 903. The number of nitrogens with one attached hydrogen (secondary N) is 1. The molecule has 2 aromatic rings. The average Bonchev–Trinajstić information content (AvgIpc) is 2.79. The lowest BCUT2D eigenvalue weighted by Gasteiger charge is -2.32. The highest BCUT2D eigenvalue weighted by Gasteiger charge is 2.27. The highest BCUT2D eigenvalue weighted by molar-refractivity contribution is 5.76. The maximum Gasteiger partial charge on any atom is 0.0338 e. The van der Waals surface area contributed by atoms with Crippen LogP contribution in [-0.4, -0.2) is 12.6 Å². The first-order valence-electron chi connectivity index (χ1n) is 11.7. The molecule has 166 valence electrons. The molecule has 0 fully saturated rings. The first kappa shape index (κ1) is 24.9. The number of hydrogen-bond donors (Lipinski definition) is 1. The monoisotopic (exact) mass is 415 g/mol. The molecule has 3 unspecified atom stereocenters. The summed E-state index contributed by atoms with van der Waals surface area (Å²) in [6, 6.07) is 19.9. The van der Waals surface area contributed by atoms with Gasteiger partial charge in [-0.15, -0.1) is 0 Å². The van der Waals surface area contributed by atoms with Gasteiger partial charge in [0.1, 0.15) is 0 Å². The van der Waals surface area contributed by atoms with Crippen molar-refractivity contribution in [1.29, 1.82) is 0 Å². The summed E-state index contributed by atoms with van der Waals surface area (Å²) >= 11 is 0. The van der Waals surface area contributed by atoms with E-state index in [2.05, 4.69) is 133 Å². The van der Waals surface area contributed by atoms with Gasteiger partial charge in [-0.2, -0.15) is 0 Å². The summed E-state index contributed by atoms with van der Waals surface area (Å²) in [6.45, 7) is 13.4. The van der Waals surface area contributed by atoms with Gasteiger partial charge in [-0.05, 0) is 81.3 Å². The Hall–Kier alpha value is -2.38. The second kappa shape index (κ2) is 11.9. The van der Waals surface area contributed by atoms with Gasteiger partial charge in [0.15, 0.2) is 0 Å². The molecule has 0 spiro atoms. The molecule has 0 saturated carbocycles. The molecule has 1 N–H and O–H groups in total. The molecule has 0 heterocycles. The summed E-state index contributed by atoms with van der Waals surface area (Å²) in [5.41, 5.74) is 6.96. The van der Waals surface area contributed by atoms with E-state index in [1.807, 2.05) is 0 Å². The summed E-state index contributed by atoms with van der Waals surface area (Å²) in [5.74, 6) is 0.803. The van der Waals surface area contributed by atoms with E-state index in [1.54, 1.807) is 0 Å². The SMILES string of the molecule is C/C=C\C(C)=C(\c1ccccc1)C(C)c1ccccc1C(CC)CC(C)(/C=C\C)NC. The Morgan fingerprint density at radius 3 is 2.13 bits per heavy atom. The third-order valence-electron chi connectivity index (χ3n) is 6.53. The van der Waals surface area contributed by atoms with E-state index in [0.717, 1.165) is 12.8 Å². The van der Waals surface area contributed by atoms with Crippen molar-refractivity contribution in [3.63, 3.8) is 0 Å². The summed E-state index contributed by atoms with van der Waals surface area (Å²) in [7, 11) is 2.07. The quantitative estimate of drug-likeness (QED) is 0.304. The molecule has 1 nitrogen and oxygen atoms in total. The Kier molecular flexibility index (Phi) is 9.52. The molecule has 0 aliphatic rings. The minimum Gasteiger partial charge on any atom is -0.311 e. The van der Waals surface area contributed by atoms with Crippen molar-refractivity contribution in [2.24, 2.45) is 0 Å². The van der Waals surface area contributed by atoms with Crippen LogP contribution in [0.2, 0.25) is 0 Å². The zero-order valence-electron chi connectivity index (χ0n) is 20.6. The third kappa shape index (κ3) is 6.31. The van der Waals surface area contributed by atoms with Gasteiger partial charge in [0.05, 0.1) is 0 Å². The van der Waals surface area contributed by atoms with Gasteiger partial charge >= 0.3 is 0 Å². The van der Waals surface area contributed by atoms with Crippen molar-refractivity contribution >= 4 is 5.57 Å². The molecular formula is C30H41N. The summed E-state index contributed by atoms with van der Waals surface area (Å²) in [4.78, 5) is 0. The average molecular weight is 416 g/mol. The highest BCUT2D eigenvalue weighted by Crippen LogP contribution is 2.40. The van der Waals surface area contributed by atoms with Gasteiger partial charge in [0, 0.05) is 11.5 Å². The van der Waals surface area contributed by atoms with E-state index in [0.29, 0.717) is 11.8 Å². The normalized spacial score (nSPS) is 16.9. The first-order valence-corrected chi connectivity index (χ1v) is 11.7. The molecule has 0 aromatic heterocycles. The van der Waals surface area contributed by atoms with E-state index in [9.17, 15) is 0 Å². The van der Waals surface area contributed by atoms with Crippen LogP contribution >= 0.6 is 0 Å². The molecule has 31 heavy (non-hydrogen) atoms. The minimum atomic E-state index is -0.00919. The maximum absolute atomic E-state index is 3.54. The first-order chi connectivity index (χ1) is 14.9. The highest BCUT2D eigenvalue weighted by atomic mass is 14.9. The van der Waals surface area contributed by atoms with Crippen molar-refractivity contribution in [3.05, 3.63) is 101 Å². The summed E-state index contributed by atoms with van der Waals surface area (Å²) < 4.78 is 0. The van der Waals surface area contributed by atoms with E-state index in [-0.39, 0.29) is 5.54 Å². The van der Waals surface area contributed by atoms with Crippen molar-refractivity contribution in [1.82, 2.24) is 5.32 Å². The van der Waals surface area contributed by atoms with Gasteiger partial charge in [-0.1, -0.05) is 92.7 Å². The topological polar surface area (TPSA) is 12.0 Å². The van der Waals surface area contributed by atoms with Crippen LogP contribution in [0, 0.1) is 0 Å². The van der Waals surface area contributed by atoms with Gasteiger partial charge in [0.25, 0.3) is 0 Å². The van der Waals surface area contributed by atoms with Crippen LogP contribution in [0.15, 0.2) is 84.5 Å². The molecular weight excluding hydrogens is 374 g/mol. The lowest BCUT2D eigenvalue weighted by molar-refractivity contribution is 0.393. The second-order valence-electron chi connectivity index (χ2n) is 8.79. The zero-order chi connectivity index (χ0) is 22.9. The van der Waals surface area contributed by atoms with Crippen molar-refractivity contribution < 1.29 is 0 Å². The number of benzene rings is 2. The van der Waals surface area contributed by atoms with Crippen molar-refractivity contribution in [2.45, 2.75) is 71.8 Å². The van der Waals surface area contributed by atoms with E-state index >= 15 is 0 Å². The van der Waals surface area contributed by atoms with Crippen LogP contribution in [0.1, 0.15) is 82.9 Å². The van der Waals surface area contributed by atoms with Crippen LogP contribution in [0.5, 0.6) is 0 Å². The maximum atomic E-state index is 3.54. The van der Waals surface area contributed by atoms with Gasteiger partial charge in [-0.3, -0.25) is 0 Å². The standard InChI is InChI=1S/C30H41N/c1-8-16-23(4)29(26-17-12-11-13-18-26)24(5)27-19-14-15-20-28(27)25(10-3)22-30(6,31-7)21-9-2/h8-9,11-21,24-25,31H,10,22H2,1-7H3/b16-8-,21-9-,29-23+. The number of rotatable bonds is 10. The third-order valence-corrected chi connectivity index (χ3v) is 6.53. The Balaban J connectivity index is 2.57. The van der Waals surface area contributed by atoms with Gasteiger partial charge in [-0.25, -0.2) is 0 Å². The van der Waals surface area contributed by atoms with E-state index in [4.69, 9.17) is 0 Å². The minimum absolute atomic E-state index is 0.00919. The summed E-state index contributed by atoms with van der Waals surface area (Å²) in [5, 5.41) is 3.54. The van der Waals surface area contributed by atoms with Gasteiger partial charge < -0.3 is 5.32 Å². The van der Waals surface area contributed by atoms with Gasteiger partial charge in [0.2, 0.25) is 0 Å². The zero-order valence-corrected chi connectivity index (χ0v) is 20.6. The Labute approximate surface area is 191 Å². The molecule has 0 aliphatic carbocycles. The lowest BCUT2D eigenvalue weighted by Crippen LogP contribution is -2.39. The largest absolute Gasteiger partial charge is 0.311 e. The van der Waals surface area contributed by atoms with E-state index < -0.39 is 0 Å². The van der Waals surface area contributed by atoms with Crippen LogP contribution < -0.4 is 5.32 Å². The molecule has 2 aromatic carbocycles. The molecule has 0 bridgehead atoms. The molecule has 3 atom stereocenters. The molecule has 0 amide bonds. The smallest absolute Gasteiger partial charge is 0.0338 e. The van der Waals surface area contributed by atoms with Crippen molar-refractivity contribution in [3.8, 4) is 0 Å². The Morgan fingerprint density at radius 2 is 1.58 bits per heavy atom. The number of hydrogen-bond acceptors (Lipinski definition) is 1. The fraction of sp³-hybridized carbons (Fsp3) is 0.400. The fourth-order valence-corrected chi connectivity index (χ4v) is 4.82. The predicted molar refractivity (Wildman–Crippen MR) is 139 cm³/mol.